The SMILES string of the molecule is CC(N[S+]([O-])C(C)(C)C)c1ccc(OCC(C)(F)F)c(Cl)c1. The number of alkyl halides is 2. The van der Waals surface area contributed by atoms with Crippen molar-refractivity contribution in [3.05, 3.63) is 28.8 Å². The minimum Gasteiger partial charge on any atom is -0.598 e. The largest absolute Gasteiger partial charge is 0.598 e. The van der Waals surface area contributed by atoms with Crippen molar-refractivity contribution in [2.45, 2.75) is 51.3 Å². The molecule has 1 aromatic carbocycles. The Morgan fingerprint density at radius 3 is 2.36 bits per heavy atom. The monoisotopic (exact) mass is 353 g/mol. The van der Waals surface area contributed by atoms with Crippen molar-refractivity contribution in [2.75, 3.05) is 6.61 Å². The molecule has 7 heteroatoms. The van der Waals surface area contributed by atoms with E-state index in [1.165, 1.54) is 0 Å². The summed E-state index contributed by atoms with van der Waals surface area (Å²) < 4.78 is 45.3. The standard InChI is InChI=1S/C15H22ClF2NO2S/c1-10(19-22(20)14(2,3)4)11-6-7-13(12(16)8-11)21-9-15(5,17)18/h6-8,10,19H,9H2,1-5H3. The van der Waals surface area contributed by atoms with Crippen molar-refractivity contribution < 1.29 is 18.1 Å². The third kappa shape index (κ3) is 6.28. The van der Waals surface area contributed by atoms with Crippen LogP contribution in [0.4, 0.5) is 8.78 Å². The summed E-state index contributed by atoms with van der Waals surface area (Å²) in [7, 11) is 0. The average molecular weight is 354 g/mol. The highest BCUT2D eigenvalue weighted by atomic mass is 35.5. The number of hydrogen-bond acceptors (Lipinski definition) is 3. The molecule has 126 valence electrons. The second kappa shape index (κ2) is 7.34. The number of ether oxygens (including phenoxy) is 1. The summed E-state index contributed by atoms with van der Waals surface area (Å²) in [4.78, 5) is 0. The Morgan fingerprint density at radius 1 is 1.32 bits per heavy atom. The zero-order chi connectivity index (χ0) is 17.1. The second-order valence-corrected chi connectivity index (χ2v) is 8.67. The fourth-order valence-electron chi connectivity index (χ4n) is 1.51. The minimum absolute atomic E-state index is 0.195. The van der Waals surface area contributed by atoms with Crippen LogP contribution in [0.25, 0.3) is 0 Å². The molecule has 0 heterocycles. The van der Waals surface area contributed by atoms with Gasteiger partial charge in [0.1, 0.15) is 10.5 Å². The van der Waals surface area contributed by atoms with Crippen molar-refractivity contribution >= 4 is 23.0 Å². The topological polar surface area (TPSA) is 44.3 Å². The van der Waals surface area contributed by atoms with Crippen molar-refractivity contribution in [3.63, 3.8) is 0 Å². The number of nitrogens with one attached hydrogen (secondary N) is 1. The third-order valence-electron chi connectivity index (χ3n) is 2.78. The Bertz CT molecular complexity index is 503. The molecule has 2 unspecified atom stereocenters. The Kier molecular flexibility index (Phi) is 6.50. The van der Waals surface area contributed by atoms with E-state index < -0.39 is 23.9 Å². The Hall–Kier alpha value is -0.560. The van der Waals surface area contributed by atoms with Gasteiger partial charge in [-0.1, -0.05) is 17.7 Å². The summed E-state index contributed by atoms with van der Waals surface area (Å²) in [5.41, 5.74) is 0.804. The highest BCUT2D eigenvalue weighted by molar-refractivity contribution is 7.90. The Balaban J connectivity index is 2.76. The molecule has 0 aliphatic carbocycles. The predicted octanol–water partition coefficient (Wildman–Crippen LogP) is 4.49. The highest BCUT2D eigenvalue weighted by Crippen LogP contribution is 2.30. The maximum absolute atomic E-state index is 12.8. The van der Waals surface area contributed by atoms with E-state index in [1.54, 1.807) is 18.2 Å². The summed E-state index contributed by atoms with van der Waals surface area (Å²) in [5, 5.41) is 0.247. The molecule has 0 spiro atoms. The van der Waals surface area contributed by atoms with Crippen molar-refractivity contribution in [2.24, 2.45) is 0 Å². The lowest BCUT2D eigenvalue weighted by Crippen LogP contribution is -2.40. The van der Waals surface area contributed by atoms with Crippen LogP contribution >= 0.6 is 11.6 Å². The smallest absolute Gasteiger partial charge is 0.278 e. The first kappa shape index (κ1) is 19.5. The normalized spacial score (nSPS) is 15.5. The molecule has 22 heavy (non-hydrogen) atoms. The first-order valence-electron chi connectivity index (χ1n) is 6.88. The van der Waals surface area contributed by atoms with Gasteiger partial charge in [0.05, 0.1) is 11.1 Å². The molecule has 3 nitrogen and oxygen atoms in total. The molecule has 0 amide bonds. The number of rotatable bonds is 6. The summed E-state index contributed by atoms with van der Waals surface area (Å²) in [6.07, 6.45) is 0. The van der Waals surface area contributed by atoms with Gasteiger partial charge >= 0.3 is 0 Å². The first-order chi connectivity index (χ1) is 9.90. The van der Waals surface area contributed by atoms with Crippen molar-refractivity contribution in [3.8, 4) is 5.75 Å². The van der Waals surface area contributed by atoms with E-state index in [0.29, 0.717) is 0 Å². The van der Waals surface area contributed by atoms with Crippen molar-refractivity contribution in [1.82, 2.24) is 4.72 Å². The van der Waals surface area contributed by atoms with Crippen LogP contribution in [0.5, 0.6) is 5.75 Å². The van der Waals surface area contributed by atoms with E-state index in [9.17, 15) is 13.3 Å². The fraction of sp³-hybridized carbons (Fsp3) is 0.600. The summed E-state index contributed by atoms with van der Waals surface area (Å²) in [6.45, 7) is 7.53. The van der Waals surface area contributed by atoms with Gasteiger partial charge in [-0.2, -0.15) is 0 Å². The van der Waals surface area contributed by atoms with Crippen LogP contribution in [0.2, 0.25) is 5.02 Å². The van der Waals surface area contributed by atoms with E-state index in [2.05, 4.69) is 4.72 Å². The number of hydrogen-bond donors (Lipinski definition) is 1. The quantitative estimate of drug-likeness (QED) is 0.766. The summed E-state index contributed by atoms with van der Waals surface area (Å²) in [5.74, 6) is -2.71. The van der Waals surface area contributed by atoms with Gasteiger partial charge < -0.3 is 9.29 Å². The van der Waals surface area contributed by atoms with Crippen LogP contribution in [0.3, 0.4) is 0 Å². The lowest BCUT2D eigenvalue weighted by molar-refractivity contribution is -0.0229. The number of benzene rings is 1. The molecule has 0 saturated carbocycles. The molecule has 0 saturated heterocycles. The summed E-state index contributed by atoms with van der Waals surface area (Å²) >= 11 is 4.84. The molecular weight excluding hydrogens is 332 g/mol. The lowest BCUT2D eigenvalue weighted by atomic mass is 10.1. The molecule has 0 bridgehead atoms. The van der Waals surface area contributed by atoms with Gasteiger partial charge in [0, 0.05) is 18.3 Å². The fourth-order valence-corrected chi connectivity index (χ4v) is 2.57. The molecule has 0 radical (unpaired) electrons. The molecule has 1 rings (SSSR count). The first-order valence-corrected chi connectivity index (χ1v) is 8.41. The van der Waals surface area contributed by atoms with Gasteiger partial charge in [0.15, 0.2) is 6.61 Å². The molecule has 0 aromatic heterocycles. The maximum atomic E-state index is 12.8. The Labute approximate surface area is 138 Å². The van der Waals surface area contributed by atoms with Gasteiger partial charge in [-0.3, -0.25) is 0 Å². The maximum Gasteiger partial charge on any atom is 0.278 e. The van der Waals surface area contributed by atoms with Crippen LogP contribution in [0.15, 0.2) is 18.2 Å². The third-order valence-corrected chi connectivity index (χ3v) is 4.75. The molecule has 2 atom stereocenters. The van der Waals surface area contributed by atoms with E-state index in [4.69, 9.17) is 16.3 Å². The molecular formula is C15H22ClF2NO2S. The zero-order valence-corrected chi connectivity index (χ0v) is 14.9. The van der Waals surface area contributed by atoms with Crippen LogP contribution < -0.4 is 9.46 Å². The van der Waals surface area contributed by atoms with Gasteiger partial charge in [-0.15, -0.1) is 4.72 Å². The Morgan fingerprint density at radius 2 is 1.91 bits per heavy atom. The molecule has 0 aliphatic rings. The molecule has 0 fully saturated rings. The lowest BCUT2D eigenvalue weighted by Gasteiger charge is -2.26. The van der Waals surface area contributed by atoms with Crippen LogP contribution in [0, 0.1) is 0 Å². The van der Waals surface area contributed by atoms with Crippen LogP contribution in [-0.4, -0.2) is 21.8 Å². The van der Waals surface area contributed by atoms with Gasteiger partial charge in [-0.05, 0) is 45.4 Å². The van der Waals surface area contributed by atoms with Gasteiger partial charge in [-0.25, -0.2) is 8.78 Å². The van der Waals surface area contributed by atoms with Gasteiger partial charge in [0.2, 0.25) is 0 Å². The van der Waals surface area contributed by atoms with E-state index in [1.807, 2.05) is 27.7 Å². The van der Waals surface area contributed by atoms with Crippen molar-refractivity contribution in [1.29, 1.82) is 0 Å². The predicted molar refractivity (Wildman–Crippen MR) is 87.0 cm³/mol. The minimum atomic E-state index is -2.92. The van der Waals surface area contributed by atoms with Gasteiger partial charge in [0.25, 0.3) is 5.92 Å². The molecule has 1 aromatic rings. The molecule has 0 aliphatic heterocycles. The average Bonchev–Trinajstić information content (AvgIpc) is 2.34. The van der Waals surface area contributed by atoms with E-state index in [0.717, 1.165) is 12.5 Å². The van der Waals surface area contributed by atoms with E-state index >= 15 is 0 Å². The molecule has 1 N–H and O–H groups in total. The zero-order valence-electron chi connectivity index (χ0n) is 13.4. The highest BCUT2D eigenvalue weighted by Gasteiger charge is 2.28. The van der Waals surface area contributed by atoms with E-state index in [-0.39, 0.29) is 21.6 Å². The van der Waals surface area contributed by atoms with Crippen LogP contribution in [0.1, 0.15) is 46.2 Å². The number of halogens is 3. The second-order valence-electron chi connectivity index (χ2n) is 6.27. The summed E-state index contributed by atoms with van der Waals surface area (Å²) in [6, 6.07) is 4.69. The van der Waals surface area contributed by atoms with Crippen LogP contribution in [-0.2, 0) is 11.4 Å².